The van der Waals surface area contributed by atoms with Crippen molar-refractivity contribution in [1.29, 1.82) is 0 Å². The smallest absolute Gasteiger partial charge is 0.316 e. The van der Waals surface area contributed by atoms with Crippen LogP contribution in [0.5, 0.6) is 0 Å². The lowest BCUT2D eigenvalue weighted by Crippen LogP contribution is -2.10. The Kier molecular flexibility index (Phi) is 40.4. The molecule has 0 aromatic heterocycles. The van der Waals surface area contributed by atoms with Gasteiger partial charge in [0.25, 0.3) is 0 Å². The molecule has 0 aromatic carbocycles. The molecule has 0 saturated heterocycles. The summed E-state index contributed by atoms with van der Waals surface area (Å²) in [7, 11) is 0. The Morgan fingerprint density at radius 2 is 0.837 bits per heavy atom. The quantitative estimate of drug-likeness (QED) is 0.0220. The van der Waals surface area contributed by atoms with Crippen molar-refractivity contribution in [2.75, 3.05) is 109 Å². The van der Waals surface area contributed by atoms with Crippen molar-refractivity contribution in [1.82, 2.24) is 0 Å². The molecule has 0 saturated carbocycles. The van der Waals surface area contributed by atoms with Gasteiger partial charge in [-0.05, 0) is 0 Å². The van der Waals surface area contributed by atoms with Crippen LogP contribution < -0.4 is 0 Å². The number of hydrogen-bond donors (Lipinski definition) is 2. The van der Waals surface area contributed by atoms with Gasteiger partial charge in [-0.2, -0.15) is 0 Å². The Morgan fingerprint density at radius 1 is 0.419 bits per heavy atom. The summed E-state index contributed by atoms with van der Waals surface area (Å²) in [6, 6.07) is 0. The summed E-state index contributed by atoms with van der Waals surface area (Å²) in [5.74, 6) is 3.18. The predicted molar refractivity (Wildman–Crippen MR) is 201 cm³/mol. The van der Waals surface area contributed by atoms with Crippen molar-refractivity contribution in [2.24, 2.45) is 0 Å². The van der Waals surface area contributed by atoms with Crippen LogP contribution in [0.25, 0.3) is 0 Å². The van der Waals surface area contributed by atoms with E-state index in [-0.39, 0.29) is 29.8 Å². The van der Waals surface area contributed by atoms with E-state index in [1.165, 1.54) is 58.8 Å². The average Bonchev–Trinajstić information content (AvgIpc) is 3.00. The van der Waals surface area contributed by atoms with E-state index >= 15 is 0 Å². The Labute approximate surface area is 301 Å². The lowest BCUT2D eigenvalue weighted by Gasteiger charge is -2.06. The molecule has 0 aromatic rings. The van der Waals surface area contributed by atoms with Crippen LogP contribution in [-0.2, 0) is 38.4 Å². The Balaban J connectivity index is 3.23. The van der Waals surface area contributed by atoms with E-state index in [0.29, 0.717) is 60.5 Å². The van der Waals surface area contributed by atoms with Crippen LogP contribution in [-0.4, -0.2) is 137 Å². The molecule has 254 valence electrons. The number of ether oxygens (including phenoxy) is 3. The van der Waals surface area contributed by atoms with Crippen LogP contribution >= 0.6 is 129 Å². The molecule has 0 fully saturated rings. The van der Waals surface area contributed by atoms with E-state index in [9.17, 15) is 14.4 Å². The molecule has 0 aliphatic carbocycles. The van der Waals surface area contributed by atoms with Gasteiger partial charge >= 0.3 is 17.9 Å². The monoisotopic (exact) mass is 816 g/mol. The Hall–Kier alpha value is 2.10. The van der Waals surface area contributed by atoms with Gasteiger partial charge in [-0.15, -0.1) is 129 Å². The lowest BCUT2D eigenvalue weighted by atomic mass is 10.8. The number of esters is 3. The van der Waals surface area contributed by atoms with Crippen LogP contribution in [0.4, 0.5) is 0 Å². The van der Waals surface area contributed by atoms with E-state index in [1.54, 1.807) is 70.6 Å². The van der Waals surface area contributed by atoms with Crippen molar-refractivity contribution in [3.05, 3.63) is 0 Å². The van der Waals surface area contributed by atoms with Crippen LogP contribution in [0.2, 0.25) is 0 Å². The van der Waals surface area contributed by atoms with E-state index in [2.05, 4.69) is 0 Å². The number of carbonyl (C=O) groups is 3. The SMILES string of the molecule is O=C(CSCSCSCCOOCSCSCSCOC(=O)CSCSCSCC(=O)OCCSCO)OCCSCO. The third kappa shape index (κ3) is 38.4. The lowest BCUT2D eigenvalue weighted by molar-refractivity contribution is -0.274. The molecule has 0 rings (SSSR count). The van der Waals surface area contributed by atoms with Gasteiger partial charge < -0.3 is 24.4 Å². The zero-order valence-electron chi connectivity index (χ0n) is 23.6. The first-order valence-corrected chi connectivity index (χ1v) is 25.1. The molecule has 0 heterocycles. The van der Waals surface area contributed by atoms with Gasteiger partial charge in [0.15, 0.2) is 0 Å². The molecule has 43 heavy (non-hydrogen) atoms. The minimum atomic E-state index is -0.248. The fourth-order valence-electron chi connectivity index (χ4n) is 1.97. The highest BCUT2D eigenvalue weighted by Crippen LogP contribution is 2.20. The van der Waals surface area contributed by atoms with Crippen LogP contribution in [0.3, 0.4) is 0 Å². The first kappa shape index (κ1) is 45.1. The third-order valence-corrected chi connectivity index (χ3v) is 15.3. The highest BCUT2D eigenvalue weighted by Gasteiger charge is 2.06. The Bertz CT molecular complexity index is 659. The van der Waals surface area contributed by atoms with Crippen LogP contribution in [0.1, 0.15) is 0 Å². The second-order valence-electron chi connectivity index (χ2n) is 6.89. The zero-order chi connectivity index (χ0) is 31.5. The highest BCUT2D eigenvalue weighted by atomic mass is 32.2. The number of thioether (sulfide) groups is 11. The molecule has 0 amide bonds. The predicted octanol–water partition coefficient (Wildman–Crippen LogP) is 5.19. The highest BCUT2D eigenvalue weighted by molar-refractivity contribution is 8.23. The van der Waals surface area contributed by atoms with Gasteiger partial charge in [0.2, 0.25) is 0 Å². The summed E-state index contributed by atoms with van der Waals surface area (Å²) in [6.07, 6.45) is 0. The fraction of sp³-hybridized carbons (Fsp3) is 0.864. The zero-order valence-corrected chi connectivity index (χ0v) is 32.6. The fourth-order valence-corrected chi connectivity index (χ4v) is 11.4. The summed E-state index contributed by atoms with van der Waals surface area (Å²) in [5.41, 5.74) is 0. The topological polar surface area (TPSA) is 138 Å². The second kappa shape index (κ2) is 38.5. The number of aliphatic hydroxyl groups is 2. The number of aliphatic hydroxyl groups excluding tert-OH is 2. The number of carbonyl (C=O) groups excluding carboxylic acids is 3. The van der Waals surface area contributed by atoms with Crippen molar-refractivity contribution in [3.63, 3.8) is 0 Å². The van der Waals surface area contributed by atoms with Gasteiger partial charge in [0, 0.05) is 47.8 Å². The summed E-state index contributed by atoms with van der Waals surface area (Å²) < 4.78 is 15.3. The molecule has 0 aliphatic heterocycles. The summed E-state index contributed by atoms with van der Waals surface area (Å²) in [4.78, 5) is 45.1. The normalized spacial score (nSPS) is 11.0. The van der Waals surface area contributed by atoms with E-state index in [4.69, 9.17) is 34.2 Å². The number of rotatable bonds is 34. The van der Waals surface area contributed by atoms with Gasteiger partial charge in [0.1, 0.15) is 25.1 Å². The minimum Gasteiger partial charge on any atom is -0.464 e. The molecule has 0 unspecified atom stereocenters. The first-order valence-electron chi connectivity index (χ1n) is 12.4. The van der Waals surface area contributed by atoms with Gasteiger partial charge in [-0.3, -0.25) is 14.4 Å². The maximum Gasteiger partial charge on any atom is 0.316 e. The largest absolute Gasteiger partial charge is 0.464 e. The molecule has 0 radical (unpaired) electrons. The third-order valence-electron chi connectivity index (χ3n) is 3.65. The molecule has 21 heteroatoms. The molecule has 10 nitrogen and oxygen atoms in total. The van der Waals surface area contributed by atoms with Crippen molar-refractivity contribution < 1.29 is 48.6 Å². The first-order chi connectivity index (χ1) is 21.1. The summed E-state index contributed by atoms with van der Waals surface area (Å²) in [5, 5.41) is 22.2. The standard InChI is InChI=1S/C22H40O10S11/c23-10-33-4-1-28-20(25)7-36-15-41-14-35-6-3-31-32-13-40-19-43-18-39-12-30-22(27)9-38-17-42-16-37-8-21(26)29-2-5-34-11-24/h23-24H,1-19H2. The second-order valence-corrected chi connectivity index (χ2v) is 20.1. The molecular weight excluding hydrogens is 777 g/mol. The number of hydrogen-bond acceptors (Lipinski definition) is 21. The van der Waals surface area contributed by atoms with Crippen molar-refractivity contribution in [2.45, 2.75) is 0 Å². The van der Waals surface area contributed by atoms with Gasteiger partial charge in [0.05, 0.1) is 35.7 Å². The van der Waals surface area contributed by atoms with E-state index in [1.807, 2.05) is 0 Å². The average molecular weight is 817 g/mol. The molecule has 0 spiro atoms. The molecule has 2 N–H and O–H groups in total. The molecular formula is C22H40O10S11. The maximum atomic E-state index is 11.8. The van der Waals surface area contributed by atoms with Crippen LogP contribution in [0.15, 0.2) is 0 Å². The molecule has 0 bridgehead atoms. The van der Waals surface area contributed by atoms with E-state index in [0.717, 1.165) is 36.3 Å². The molecule has 0 aliphatic rings. The summed E-state index contributed by atoms with van der Waals surface area (Å²) >= 11 is 17.2. The maximum absolute atomic E-state index is 11.8. The van der Waals surface area contributed by atoms with Gasteiger partial charge in [-0.1, -0.05) is 0 Å². The molecule has 0 atom stereocenters. The minimum absolute atomic E-state index is 0.0286. The van der Waals surface area contributed by atoms with Crippen molar-refractivity contribution in [3.8, 4) is 0 Å². The van der Waals surface area contributed by atoms with Crippen LogP contribution in [0, 0.1) is 0 Å². The summed E-state index contributed by atoms with van der Waals surface area (Å²) in [6.45, 7) is 1.17. The Morgan fingerprint density at radius 3 is 1.35 bits per heavy atom. The van der Waals surface area contributed by atoms with E-state index < -0.39 is 0 Å². The van der Waals surface area contributed by atoms with Gasteiger partial charge in [-0.25, -0.2) is 9.78 Å². The van der Waals surface area contributed by atoms with Crippen molar-refractivity contribution >= 4 is 147 Å².